The van der Waals surface area contributed by atoms with Crippen molar-refractivity contribution in [2.75, 3.05) is 6.61 Å². The van der Waals surface area contributed by atoms with Crippen LogP contribution in [0.2, 0.25) is 0 Å². The molecule has 0 unspecified atom stereocenters. The lowest BCUT2D eigenvalue weighted by Crippen LogP contribution is -2.16. The van der Waals surface area contributed by atoms with Gasteiger partial charge in [-0.3, -0.25) is 0 Å². The van der Waals surface area contributed by atoms with Gasteiger partial charge in [-0.25, -0.2) is 0 Å². The minimum Gasteiger partial charge on any atom is -0.391 e. The van der Waals surface area contributed by atoms with E-state index < -0.39 is 0 Å². The summed E-state index contributed by atoms with van der Waals surface area (Å²) in [6.45, 7) is 2.04. The molecule has 8 heavy (non-hydrogen) atoms. The van der Waals surface area contributed by atoms with E-state index in [1.54, 1.807) is 0 Å². The Morgan fingerprint density at radius 2 is 2.50 bits per heavy atom. The molecule has 1 aliphatic heterocycles. The first-order chi connectivity index (χ1) is 3.84. The maximum Gasteiger partial charge on any atom is 0.0771 e. The fraction of sp³-hybridized carbons (Fsp3) is 0.500. The van der Waals surface area contributed by atoms with Gasteiger partial charge in [-0.15, -0.1) is 0 Å². The van der Waals surface area contributed by atoms with E-state index in [2.05, 4.69) is 10.3 Å². The molecule has 0 aromatic rings. The molecule has 0 atom stereocenters. The molecule has 0 aromatic heterocycles. The van der Waals surface area contributed by atoms with E-state index in [1.165, 1.54) is 11.9 Å². The van der Waals surface area contributed by atoms with Crippen molar-refractivity contribution in [1.82, 2.24) is 10.3 Å². The highest BCUT2D eigenvalue weighted by Crippen LogP contribution is 2.17. The third kappa shape index (κ3) is 0.964. The zero-order valence-electron chi connectivity index (χ0n) is 4.56. The van der Waals surface area contributed by atoms with Crippen molar-refractivity contribution in [3.8, 4) is 0 Å². The first-order valence-electron chi connectivity index (χ1n) is 2.33. The normalized spacial score (nSPS) is 19.2. The Morgan fingerprint density at radius 3 is 2.75 bits per heavy atom. The SMILES string of the molecule is CC1=C(CO)SNN1. The zero-order chi connectivity index (χ0) is 5.98. The standard InChI is InChI=1S/C4H8N2OS/c1-3-4(2-7)8-6-5-3/h5-7H,2H2,1H3. The molecule has 3 N–H and O–H groups in total. The summed E-state index contributed by atoms with van der Waals surface area (Å²) >= 11 is 1.42. The first-order valence-corrected chi connectivity index (χ1v) is 3.14. The van der Waals surface area contributed by atoms with Crippen LogP contribution in [0, 0.1) is 0 Å². The Balaban J connectivity index is 2.58. The van der Waals surface area contributed by atoms with Crippen LogP contribution in [0.4, 0.5) is 0 Å². The molecule has 0 bridgehead atoms. The van der Waals surface area contributed by atoms with Crippen molar-refractivity contribution >= 4 is 11.9 Å². The summed E-state index contributed by atoms with van der Waals surface area (Å²) in [6, 6.07) is 0. The van der Waals surface area contributed by atoms with Crippen molar-refractivity contribution in [1.29, 1.82) is 0 Å². The molecular weight excluding hydrogens is 124 g/mol. The van der Waals surface area contributed by atoms with Crippen LogP contribution in [-0.2, 0) is 0 Å². The molecular formula is C4H8N2OS. The molecule has 0 saturated heterocycles. The van der Waals surface area contributed by atoms with Gasteiger partial charge in [0.1, 0.15) is 0 Å². The number of nitrogens with one attached hydrogen (secondary N) is 2. The molecule has 0 aliphatic carbocycles. The lowest BCUT2D eigenvalue weighted by Gasteiger charge is -1.90. The molecule has 0 radical (unpaired) electrons. The summed E-state index contributed by atoms with van der Waals surface area (Å²) in [5.74, 6) is 0. The number of aliphatic hydroxyl groups excluding tert-OH is 1. The number of allylic oxidation sites excluding steroid dienone is 1. The average molecular weight is 132 g/mol. The second-order valence-corrected chi connectivity index (χ2v) is 2.44. The Hall–Kier alpha value is -0.190. The highest BCUT2D eigenvalue weighted by molar-refractivity contribution is 8.01. The maximum atomic E-state index is 8.58. The van der Waals surface area contributed by atoms with E-state index in [4.69, 9.17) is 5.11 Å². The van der Waals surface area contributed by atoms with Crippen LogP contribution in [0.15, 0.2) is 10.6 Å². The summed E-state index contributed by atoms with van der Waals surface area (Å²) < 4.78 is 0. The molecule has 0 saturated carbocycles. The summed E-state index contributed by atoms with van der Waals surface area (Å²) in [5.41, 5.74) is 3.86. The number of hydrogen-bond donors (Lipinski definition) is 3. The molecule has 0 fully saturated rings. The predicted octanol–water partition coefficient (Wildman–Crippen LogP) is -0.0338. The molecule has 4 heteroatoms. The number of aliphatic hydroxyl groups is 1. The van der Waals surface area contributed by atoms with E-state index in [9.17, 15) is 0 Å². The van der Waals surface area contributed by atoms with Gasteiger partial charge in [-0.05, 0) is 18.9 Å². The van der Waals surface area contributed by atoms with Gasteiger partial charge in [0.15, 0.2) is 0 Å². The largest absolute Gasteiger partial charge is 0.391 e. The first kappa shape index (κ1) is 5.94. The van der Waals surface area contributed by atoms with Gasteiger partial charge in [-0.1, -0.05) is 0 Å². The second kappa shape index (κ2) is 2.39. The summed E-state index contributed by atoms with van der Waals surface area (Å²) in [5, 5.41) is 8.58. The Kier molecular flexibility index (Phi) is 1.77. The third-order valence-electron chi connectivity index (χ3n) is 0.975. The smallest absolute Gasteiger partial charge is 0.0771 e. The van der Waals surface area contributed by atoms with Crippen LogP contribution in [0.5, 0.6) is 0 Å². The quantitative estimate of drug-likeness (QED) is 0.438. The zero-order valence-corrected chi connectivity index (χ0v) is 5.38. The molecule has 46 valence electrons. The molecule has 0 amide bonds. The summed E-state index contributed by atoms with van der Waals surface area (Å²) in [7, 11) is 0. The van der Waals surface area contributed by atoms with E-state index in [1.807, 2.05) is 6.92 Å². The van der Waals surface area contributed by atoms with Crippen LogP contribution < -0.4 is 10.3 Å². The molecule has 0 spiro atoms. The van der Waals surface area contributed by atoms with Crippen LogP contribution in [0.25, 0.3) is 0 Å². The molecule has 0 aromatic carbocycles. The highest BCUT2D eigenvalue weighted by Gasteiger charge is 2.07. The average Bonchev–Trinajstić information content (AvgIpc) is 2.14. The summed E-state index contributed by atoms with van der Waals surface area (Å²) in [6.07, 6.45) is 0. The fourth-order valence-electron chi connectivity index (χ4n) is 0.461. The van der Waals surface area contributed by atoms with Gasteiger partial charge in [0.2, 0.25) is 0 Å². The van der Waals surface area contributed by atoms with Gasteiger partial charge in [0.05, 0.1) is 6.61 Å². The van der Waals surface area contributed by atoms with Crippen molar-refractivity contribution in [3.05, 3.63) is 10.6 Å². The number of hydrogen-bond acceptors (Lipinski definition) is 4. The minimum absolute atomic E-state index is 0.122. The van der Waals surface area contributed by atoms with Gasteiger partial charge >= 0.3 is 0 Å². The molecule has 1 rings (SSSR count). The van der Waals surface area contributed by atoms with Crippen molar-refractivity contribution in [2.24, 2.45) is 0 Å². The topological polar surface area (TPSA) is 44.3 Å². The lowest BCUT2D eigenvalue weighted by molar-refractivity contribution is 0.338. The van der Waals surface area contributed by atoms with Crippen LogP contribution in [0.1, 0.15) is 6.92 Å². The van der Waals surface area contributed by atoms with Gasteiger partial charge < -0.3 is 10.5 Å². The molecule has 1 heterocycles. The minimum atomic E-state index is 0.122. The van der Waals surface area contributed by atoms with E-state index in [0.717, 1.165) is 10.6 Å². The van der Waals surface area contributed by atoms with Gasteiger partial charge in [0, 0.05) is 10.6 Å². The van der Waals surface area contributed by atoms with Crippen LogP contribution in [-0.4, -0.2) is 11.7 Å². The van der Waals surface area contributed by atoms with E-state index >= 15 is 0 Å². The highest BCUT2D eigenvalue weighted by atomic mass is 32.2. The van der Waals surface area contributed by atoms with Crippen LogP contribution >= 0.6 is 11.9 Å². The van der Waals surface area contributed by atoms with Gasteiger partial charge in [-0.2, -0.15) is 4.83 Å². The Labute approximate surface area is 52.3 Å². The van der Waals surface area contributed by atoms with Crippen molar-refractivity contribution in [3.63, 3.8) is 0 Å². The number of rotatable bonds is 1. The predicted molar refractivity (Wildman–Crippen MR) is 33.6 cm³/mol. The Bertz CT molecular complexity index is 123. The van der Waals surface area contributed by atoms with E-state index in [-0.39, 0.29) is 6.61 Å². The van der Waals surface area contributed by atoms with Gasteiger partial charge in [0.25, 0.3) is 0 Å². The van der Waals surface area contributed by atoms with Crippen molar-refractivity contribution in [2.45, 2.75) is 6.92 Å². The maximum absolute atomic E-state index is 8.58. The third-order valence-corrected chi connectivity index (χ3v) is 1.86. The monoisotopic (exact) mass is 132 g/mol. The van der Waals surface area contributed by atoms with Crippen LogP contribution in [0.3, 0.4) is 0 Å². The second-order valence-electron chi connectivity index (χ2n) is 1.54. The molecule has 1 aliphatic rings. The van der Waals surface area contributed by atoms with Crippen molar-refractivity contribution < 1.29 is 5.11 Å². The van der Waals surface area contributed by atoms with E-state index in [0.29, 0.717) is 0 Å². The lowest BCUT2D eigenvalue weighted by atomic mass is 10.4. The Morgan fingerprint density at radius 1 is 1.75 bits per heavy atom. The summed E-state index contributed by atoms with van der Waals surface area (Å²) in [4.78, 5) is 3.77. The molecule has 3 nitrogen and oxygen atoms in total. The fourth-order valence-corrected chi connectivity index (χ4v) is 1.06. The number of hydrazine groups is 1.